The van der Waals surface area contributed by atoms with Crippen LogP contribution in [0.5, 0.6) is 0 Å². The Morgan fingerprint density at radius 2 is 1.14 bits per heavy atom. The van der Waals surface area contributed by atoms with E-state index < -0.39 is 0 Å². The summed E-state index contributed by atoms with van der Waals surface area (Å²) in [5.74, 6) is 0.904. The molecule has 78 valence electrons. The number of Topliss-reactive ketones (excluding diaryl/α,β-unsaturated/α-hetero) is 2. The van der Waals surface area contributed by atoms with Crippen LogP contribution in [0.3, 0.4) is 0 Å². The molecule has 2 saturated carbocycles. The average molecular weight is 194 g/mol. The quantitative estimate of drug-likeness (QED) is 0.642. The van der Waals surface area contributed by atoms with Crippen molar-refractivity contribution in [2.24, 2.45) is 11.8 Å². The summed E-state index contributed by atoms with van der Waals surface area (Å²) in [5.41, 5.74) is 0. The van der Waals surface area contributed by atoms with Gasteiger partial charge in [-0.25, -0.2) is 0 Å². The molecule has 2 nitrogen and oxygen atoms in total. The summed E-state index contributed by atoms with van der Waals surface area (Å²) in [5, 5.41) is 0. The van der Waals surface area contributed by atoms with E-state index in [1.54, 1.807) is 0 Å². The molecule has 2 atom stereocenters. The summed E-state index contributed by atoms with van der Waals surface area (Å²) in [7, 11) is 0. The Labute approximate surface area is 85.1 Å². The van der Waals surface area contributed by atoms with Crippen molar-refractivity contribution in [3.63, 3.8) is 0 Å². The third-order valence-electron chi connectivity index (χ3n) is 3.69. The fraction of sp³-hybridized carbons (Fsp3) is 0.833. The van der Waals surface area contributed by atoms with Crippen LogP contribution in [0, 0.1) is 11.8 Å². The van der Waals surface area contributed by atoms with Gasteiger partial charge < -0.3 is 0 Å². The zero-order valence-electron chi connectivity index (χ0n) is 8.63. The van der Waals surface area contributed by atoms with Crippen LogP contribution in [0.2, 0.25) is 0 Å². The third kappa shape index (κ3) is 1.89. The minimum Gasteiger partial charge on any atom is -0.299 e. The van der Waals surface area contributed by atoms with Crippen molar-refractivity contribution in [2.75, 3.05) is 0 Å². The highest BCUT2D eigenvalue weighted by atomic mass is 16.1. The molecule has 2 rings (SSSR count). The van der Waals surface area contributed by atoms with Crippen LogP contribution < -0.4 is 0 Å². The first-order chi connectivity index (χ1) is 6.79. The summed E-state index contributed by atoms with van der Waals surface area (Å²) in [6.45, 7) is 0. The van der Waals surface area contributed by atoms with E-state index >= 15 is 0 Å². The predicted octanol–water partition coefficient (Wildman–Crippen LogP) is 2.51. The van der Waals surface area contributed by atoms with Crippen molar-refractivity contribution in [1.29, 1.82) is 0 Å². The average Bonchev–Trinajstić information content (AvgIpc) is 2.20. The minimum absolute atomic E-state index is 0.0940. The van der Waals surface area contributed by atoms with Crippen LogP contribution >= 0.6 is 0 Å². The van der Waals surface area contributed by atoms with Gasteiger partial charge in [0.05, 0.1) is 0 Å². The lowest BCUT2D eigenvalue weighted by atomic mass is 9.72. The largest absolute Gasteiger partial charge is 0.299 e. The van der Waals surface area contributed by atoms with Gasteiger partial charge in [0.15, 0.2) is 0 Å². The van der Waals surface area contributed by atoms with Crippen molar-refractivity contribution in [3.05, 3.63) is 0 Å². The molecule has 2 aliphatic carbocycles. The molecule has 0 bridgehead atoms. The Morgan fingerprint density at radius 1 is 0.714 bits per heavy atom. The molecule has 0 radical (unpaired) electrons. The summed E-state index contributed by atoms with van der Waals surface area (Å²) in [6, 6.07) is 0. The molecule has 0 aromatic rings. The van der Waals surface area contributed by atoms with Crippen LogP contribution in [0.1, 0.15) is 51.4 Å². The van der Waals surface area contributed by atoms with Crippen molar-refractivity contribution < 1.29 is 9.59 Å². The Kier molecular flexibility index (Phi) is 2.99. The monoisotopic (exact) mass is 194 g/mol. The van der Waals surface area contributed by atoms with E-state index in [0.29, 0.717) is 24.4 Å². The lowest BCUT2D eigenvalue weighted by Gasteiger charge is -2.30. The van der Waals surface area contributed by atoms with Gasteiger partial charge >= 0.3 is 0 Å². The van der Waals surface area contributed by atoms with Crippen LogP contribution in [-0.4, -0.2) is 11.6 Å². The zero-order chi connectivity index (χ0) is 9.97. The minimum atomic E-state index is 0.0940. The molecular weight excluding hydrogens is 176 g/mol. The second kappa shape index (κ2) is 4.24. The highest BCUT2D eigenvalue weighted by Gasteiger charge is 2.35. The maximum absolute atomic E-state index is 11.7. The summed E-state index contributed by atoms with van der Waals surface area (Å²) < 4.78 is 0. The Balaban J connectivity index is 2.04. The highest BCUT2D eigenvalue weighted by Crippen LogP contribution is 2.34. The van der Waals surface area contributed by atoms with E-state index in [9.17, 15) is 9.59 Å². The van der Waals surface area contributed by atoms with Crippen molar-refractivity contribution in [2.45, 2.75) is 51.4 Å². The molecule has 2 fully saturated rings. The van der Waals surface area contributed by atoms with E-state index in [4.69, 9.17) is 0 Å². The molecule has 0 heterocycles. The van der Waals surface area contributed by atoms with E-state index in [1.165, 1.54) is 0 Å². The third-order valence-corrected chi connectivity index (χ3v) is 3.69. The van der Waals surface area contributed by atoms with Crippen molar-refractivity contribution in [3.8, 4) is 0 Å². The fourth-order valence-corrected chi connectivity index (χ4v) is 2.87. The van der Waals surface area contributed by atoms with Gasteiger partial charge in [-0.1, -0.05) is 12.8 Å². The molecule has 14 heavy (non-hydrogen) atoms. The summed E-state index contributed by atoms with van der Waals surface area (Å²) in [4.78, 5) is 23.4. The molecule has 0 aliphatic heterocycles. The van der Waals surface area contributed by atoms with Gasteiger partial charge in [-0.15, -0.1) is 0 Å². The van der Waals surface area contributed by atoms with Gasteiger partial charge in [0.25, 0.3) is 0 Å². The highest BCUT2D eigenvalue weighted by molar-refractivity contribution is 5.90. The normalized spacial score (nSPS) is 34.6. The fourth-order valence-electron chi connectivity index (χ4n) is 2.87. The Hall–Kier alpha value is -0.660. The second-order valence-electron chi connectivity index (χ2n) is 4.64. The number of hydrogen-bond donors (Lipinski definition) is 0. The van der Waals surface area contributed by atoms with Crippen LogP contribution in [0.25, 0.3) is 0 Å². The van der Waals surface area contributed by atoms with Crippen LogP contribution in [-0.2, 0) is 9.59 Å². The smallest absolute Gasteiger partial charge is 0.136 e. The van der Waals surface area contributed by atoms with Gasteiger partial charge in [-0.2, -0.15) is 0 Å². The Morgan fingerprint density at radius 3 is 1.50 bits per heavy atom. The first kappa shape index (κ1) is 9.88. The standard InChI is InChI=1S/C12H18O2/c13-11-7-3-1-5-9(11)10-6-2-4-8-12(10)14/h9-10H,1-8H2/t9-,10-/m0/s1. The number of rotatable bonds is 1. The number of hydrogen-bond acceptors (Lipinski definition) is 2. The van der Waals surface area contributed by atoms with E-state index in [2.05, 4.69) is 0 Å². The topological polar surface area (TPSA) is 34.1 Å². The lowest BCUT2D eigenvalue weighted by Crippen LogP contribution is -2.33. The van der Waals surface area contributed by atoms with E-state index in [0.717, 1.165) is 38.5 Å². The molecule has 0 spiro atoms. The predicted molar refractivity (Wildman–Crippen MR) is 53.9 cm³/mol. The van der Waals surface area contributed by atoms with Crippen LogP contribution in [0.15, 0.2) is 0 Å². The molecule has 2 aliphatic rings. The van der Waals surface area contributed by atoms with Gasteiger partial charge in [-0.05, 0) is 25.7 Å². The lowest BCUT2D eigenvalue weighted by molar-refractivity contribution is -0.135. The number of ketones is 2. The molecular formula is C12H18O2. The zero-order valence-corrected chi connectivity index (χ0v) is 8.63. The van der Waals surface area contributed by atoms with Crippen molar-refractivity contribution in [1.82, 2.24) is 0 Å². The van der Waals surface area contributed by atoms with E-state index in [-0.39, 0.29) is 11.8 Å². The second-order valence-corrected chi connectivity index (χ2v) is 4.64. The molecule has 2 heteroatoms. The maximum atomic E-state index is 11.7. The summed E-state index contributed by atoms with van der Waals surface area (Å²) in [6.07, 6.45) is 7.72. The first-order valence-corrected chi connectivity index (χ1v) is 5.84. The maximum Gasteiger partial charge on any atom is 0.136 e. The number of carbonyl (C=O) groups is 2. The van der Waals surface area contributed by atoms with Gasteiger partial charge in [-0.3, -0.25) is 9.59 Å². The summed E-state index contributed by atoms with van der Waals surface area (Å²) >= 11 is 0. The molecule has 0 unspecified atom stereocenters. The molecule has 0 amide bonds. The Bertz CT molecular complexity index is 219. The van der Waals surface area contributed by atoms with Gasteiger partial charge in [0, 0.05) is 24.7 Å². The van der Waals surface area contributed by atoms with Gasteiger partial charge in [0.2, 0.25) is 0 Å². The molecule has 0 aromatic heterocycles. The van der Waals surface area contributed by atoms with Crippen LogP contribution in [0.4, 0.5) is 0 Å². The van der Waals surface area contributed by atoms with Gasteiger partial charge in [0.1, 0.15) is 11.6 Å². The molecule has 0 aromatic carbocycles. The van der Waals surface area contributed by atoms with E-state index in [1.807, 2.05) is 0 Å². The number of carbonyl (C=O) groups excluding carboxylic acids is 2. The molecule has 0 N–H and O–H groups in total. The van der Waals surface area contributed by atoms with Crippen molar-refractivity contribution >= 4 is 11.6 Å². The first-order valence-electron chi connectivity index (χ1n) is 5.84. The molecule has 0 saturated heterocycles. The SMILES string of the molecule is O=C1CCCC[C@H]1[C@@H]1CCCCC1=O.